The summed E-state index contributed by atoms with van der Waals surface area (Å²) in [5.41, 5.74) is 0.936. The van der Waals surface area contributed by atoms with Crippen LogP contribution >= 0.6 is 0 Å². The van der Waals surface area contributed by atoms with Gasteiger partial charge in [-0.25, -0.2) is 8.42 Å². The highest BCUT2D eigenvalue weighted by Gasteiger charge is 2.49. The van der Waals surface area contributed by atoms with Crippen LogP contribution < -0.4 is 9.47 Å². The Morgan fingerprint density at radius 1 is 1.03 bits per heavy atom. The third kappa shape index (κ3) is 4.31. The van der Waals surface area contributed by atoms with Crippen molar-refractivity contribution in [3.63, 3.8) is 0 Å². The number of fused-ring (bicyclic) bond motifs is 1. The zero-order valence-corrected chi connectivity index (χ0v) is 19.9. The smallest absolute Gasteiger partial charge is 0.180 e. The van der Waals surface area contributed by atoms with Crippen LogP contribution in [0.3, 0.4) is 0 Å². The van der Waals surface area contributed by atoms with Gasteiger partial charge in [-0.1, -0.05) is 57.0 Å². The molecule has 0 N–H and O–H groups in total. The molecule has 0 spiro atoms. The van der Waals surface area contributed by atoms with E-state index in [9.17, 15) is 8.42 Å². The van der Waals surface area contributed by atoms with Crippen LogP contribution in [0.4, 0.5) is 0 Å². The lowest BCUT2D eigenvalue weighted by molar-refractivity contribution is -0.220. The molecule has 0 saturated carbocycles. The Bertz CT molecular complexity index is 993. The van der Waals surface area contributed by atoms with E-state index in [0.717, 1.165) is 24.8 Å². The minimum absolute atomic E-state index is 0.0177. The van der Waals surface area contributed by atoms with E-state index < -0.39 is 21.4 Å². The van der Waals surface area contributed by atoms with Crippen LogP contribution in [0.5, 0.6) is 11.5 Å². The maximum atomic E-state index is 13.8. The summed E-state index contributed by atoms with van der Waals surface area (Å²) in [5.74, 6) is 0.875. The van der Waals surface area contributed by atoms with Gasteiger partial charge in [-0.2, -0.15) is 5.06 Å². The van der Waals surface area contributed by atoms with Crippen molar-refractivity contribution in [3.05, 3.63) is 53.6 Å². The van der Waals surface area contributed by atoms with E-state index in [1.807, 2.05) is 42.3 Å². The molecule has 31 heavy (non-hydrogen) atoms. The van der Waals surface area contributed by atoms with E-state index in [4.69, 9.17) is 14.3 Å². The number of rotatable bonds is 8. The average molecular weight is 448 g/mol. The molecule has 0 aliphatic carbocycles. The fourth-order valence-corrected chi connectivity index (χ4v) is 6.78. The second kappa shape index (κ2) is 9.59. The van der Waals surface area contributed by atoms with Crippen LogP contribution in [0.25, 0.3) is 0 Å². The van der Waals surface area contributed by atoms with Gasteiger partial charge in [0.15, 0.2) is 21.3 Å². The van der Waals surface area contributed by atoms with Gasteiger partial charge >= 0.3 is 0 Å². The molecule has 0 saturated heterocycles. The lowest BCUT2D eigenvalue weighted by Crippen LogP contribution is -2.52. The number of ether oxygens (including phenoxy) is 2. The van der Waals surface area contributed by atoms with Crippen LogP contribution in [0.1, 0.15) is 56.7 Å². The van der Waals surface area contributed by atoms with Crippen molar-refractivity contribution >= 4 is 9.84 Å². The molecule has 0 aromatic heterocycles. The molecule has 1 aliphatic rings. The Morgan fingerprint density at radius 2 is 1.68 bits per heavy atom. The SMILES string of the molecule is CCCC[C@]1(CC)CS(=O)(=O)c2cc(OC)c(OC)cc2C(c2ccccc2)N1OC. The molecule has 1 unspecified atom stereocenters. The Hall–Kier alpha value is -2.09. The molecule has 2 atom stereocenters. The predicted octanol–water partition coefficient (Wildman–Crippen LogP) is 4.78. The maximum absolute atomic E-state index is 13.8. The van der Waals surface area contributed by atoms with Crippen LogP contribution in [-0.2, 0) is 14.7 Å². The molecule has 0 fully saturated rings. The third-order valence-electron chi connectivity index (χ3n) is 6.27. The summed E-state index contributed by atoms with van der Waals surface area (Å²) in [6.07, 6.45) is 3.25. The van der Waals surface area contributed by atoms with E-state index in [1.165, 1.54) is 7.11 Å². The number of hydrogen-bond donors (Lipinski definition) is 0. The Kier molecular flexibility index (Phi) is 7.29. The molecule has 170 valence electrons. The molecule has 1 heterocycles. The van der Waals surface area contributed by atoms with Gasteiger partial charge < -0.3 is 14.3 Å². The van der Waals surface area contributed by atoms with Crippen LogP contribution in [0.2, 0.25) is 0 Å². The first-order valence-electron chi connectivity index (χ1n) is 10.7. The summed E-state index contributed by atoms with van der Waals surface area (Å²) in [5, 5.41) is 1.91. The zero-order chi connectivity index (χ0) is 22.6. The summed E-state index contributed by atoms with van der Waals surface area (Å²) in [6.45, 7) is 4.15. The molecule has 2 aromatic rings. The zero-order valence-electron chi connectivity index (χ0n) is 19.1. The lowest BCUT2D eigenvalue weighted by Gasteiger charge is -2.44. The van der Waals surface area contributed by atoms with Crippen molar-refractivity contribution in [2.75, 3.05) is 27.1 Å². The number of methoxy groups -OCH3 is 2. The molecule has 0 amide bonds. The highest BCUT2D eigenvalue weighted by Crippen LogP contribution is 2.47. The summed E-state index contributed by atoms with van der Waals surface area (Å²) in [6, 6.07) is 12.9. The van der Waals surface area contributed by atoms with Gasteiger partial charge in [-0.15, -0.1) is 0 Å². The quantitative estimate of drug-likeness (QED) is 0.580. The number of unbranched alkanes of at least 4 members (excludes halogenated alkanes) is 1. The van der Waals surface area contributed by atoms with Gasteiger partial charge in [-0.3, -0.25) is 0 Å². The first kappa shape index (κ1) is 23.6. The fraction of sp³-hybridized carbons (Fsp3) is 0.500. The molecule has 1 aliphatic heterocycles. The summed E-state index contributed by atoms with van der Waals surface area (Å²) < 4.78 is 38.5. The fourth-order valence-electron chi connectivity index (χ4n) is 4.63. The third-order valence-corrected chi connectivity index (χ3v) is 8.21. The van der Waals surface area contributed by atoms with E-state index in [0.29, 0.717) is 23.5 Å². The van der Waals surface area contributed by atoms with Crippen molar-refractivity contribution in [2.45, 2.75) is 56.0 Å². The Morgan fingerprint density at radius 3 is 2.23 bits per heavy atom. The second-order valence-electron chi connectivity index (χ2n) is 8.01. The van der Waals surface area contributed by atoms with Crippen LogP contribution in [0.15, 0.2) is 47.4 Å². The molecular formula is C24H33NO5S. The molecule has 2 aromatic carbocycles. The Labute approximate surface area is 186 Å². The summed E-state index contributed by atoms with van der Waals surface area (Å²) in [7, 11) is 1.07. The average Bonchev–Trinajstić information content (AvgIpc) is 2.87. The van der Waals surface area contributed by atoms with Crippen LogP contribution in [0, 0.1) is 0 Å². The molecule has 0 radical (unpaired) electrons. The van der Waals surface area contributed by atoms with Crippen LogP contribution in [-0.4, -0.2) is 46.1 Å². The van der Waals surface area contributed by atoms with Crippen molar-refractivity contribution in [2.24, 2.45) is 0 Å². The van der Waals surface area contributed by atoms with E-state index in [2.05, 4.69) is 6.92 Å². The minimum Gasteiger partial charge on any atom is -0.493 e. The number of hydrogen-bond acceptors (Lipinski definition) is 6. The highest BCUT2D eigenvalue weighted by molar-refractivity contribution is 7.91. The molecule has 3 rings (SSSR count). The first-order chi connectivity index (χ1) is 14.9. The van der Waals surface area contributed by atoms with Gasteiger partial charge in [-0.05, 0) is 30.0 Å². The summed E-state index contributed by atoms with van der Waals surface area (Å²) in [4.78, 5) is 6.29. The molecular weight excluding hydrogens is 414 g/mol. The predicted molar refractivity (Wildman–Crippen MR) is 121 cm³/mol. The van der Waals surface area contributed by atoms with Crippen molar-refractivity contribution in [1.29, 1.82) is 0 Å². The van der Waals surface area contributed by atoms with Gasteiger partial charge in [0.25, 0.3) is 0 Å². The maximum Gasteiger partial charge on any atom is 0.180 e. The normalized spacial score (nSPS) is 23.1. The topological polar surface area (TPSA) is 65.1 Å². The number of sulfone groups is 1. The number of hydroxylamine groups is 2. The number of nitrogens with zero attached hydrogens (tertiary/aromatic N) is 1. The molecule has 0 bridgehead atoms. The first-order valence-corrected chi connectivity index (χ1v) is 12.4. The summed E-state index contributed by atoms with van der Waals surface area (Å²) >= 11 is 0. The highest BCUT2D eigenvalue weighted by atomic mass is 32.2. The van der Waals surface area contributed by atoms with E-state index >= 15 is 0 Å². The van der Waals surface area contributed by atoms with Gasteiger partial charge in [0, 0.05) is 6.07 Å². The number of benzene rings is 2. The van der Waals surface area contributed by atoms with Gasteiger partial charge in [0.1, 0.15) is 0 Å². The standard InChI is InChI=1S/C24H33NO5S/c1-6-8-14-24(7-2)17-31(26,27)22-16-21(29-4)20(28-3)15-19(22)23(25(24)30-5)18-12-10-9-11-13-18/h9-13,15-16,23H,6-8,14,17H2,1-5H3/t23?,24-/m1/s1. The van der Waals surface area contributed by atoms with E-state index in [-0.39, 0.29) is 10.6 Å². The lowest BCUT2D eigenvalue weighted by atomic mass is 9.87. The minimum atomic E-state index is -3.63. The van der Waals surface area contributed by atoms with Gasteiger partial charge in [0.2, 0.25) is 0 Å². The monoisotopic (exact) mass is 447 g/mol. The van der Waals surface area contributed by atoms with Gasteiger partial charge in [0.05, 0.1) is 43.6 Å². The Balaban J connectivity index is 2.38. The largest absolute Gasteiger partial charge is 0.493 e. The van der Waals surface area contributed by atoms with Crippen molar-refractivity contribution < 1.29 is 22.7 Å². The molecule has 7 heteroatoms. The molecule has 6 nitrogen and oxygen atoms in total. The second-order valence-corrected chi connectivity index (χ2v) is 9.97. The van der Waals surface area contributed by atoms with Crippen molar-refractivity contribution in [1.82, 2.24) is 5.06 Å². The van der Waals surface area contributed by atoms with Crippen molar-refractivity contribution in [3.8, 4) is 11.5 Å². The van der Waals surface area contributed by atoms with E-state index in [1.54, 1.807) is 26.4 Å².